The van der Waals surface area contributed by atoms with E-state index >= 15 is 0 Å². The van der Waals surface area contributed by atoms with Crippen LogP contribution >= 0.6 is 63.7 Å². The number of nitriles is 1. The number of halogens is 4. The summed E-state index contributed by atoms with van der Waals surface area (Å²) < 4.78 is 2.52. The summed E-state index contributed by atoms with van der Waals surface area (Å²) in [5.41, 5.74) is 0.517. The Kier molecular flexibility index (Phi) is 3.71. The van der Waals surface area contributed by atoms with Gasteiger partial charge in [-0.15, -0.1) is 0 Å². The quantitative estimate of drug-likeness (QED) is 0.596. The molecule has 0 aliphatic carbocycles. The lowest BCUT2D eigenvalue weighted by Gasteiger charge is -2.02. The van der Waals surface area contributed by atoms with Gasteiger partial charge in [-0.25, -0.2) is 4.98 Å². The Labute approximate surface area is 103 Å². The monoisotopic (exact) mass is 416 g/mol. The number of hydrogen-bond donors (Lipinski definition) is 0. The van der Waals surface area contributed by atoms with Gasteiger partial charge in [-0.2, -0.15) is 5.26 Å². The van der Waals surface area contributed by atoms with Gasteiger partial charge < -0.3 is 0 Å². The molecular weight excluding hydrogens is 420 g/mol. The largest absolute Gasteiger partial charge is 0.232 e. The average Bonchev–Trinajstić information content (AvgIpc) is 2.02. The summed E-state index contributed by atoms with van der Waals surface area (Å²) in [6, 6.07) is 2.05. The number of nitrogens with zero attached hydrogens (tertiary/aromatic N) is 2. The predicted molar refractivity (Wildman–Crippen MR) is 59.8 cm³/mol. The first-order valence-electron chi connectivity index (χ1n) is 2.68. The third-order valence-electron chi connectivity index (χ3n) is 1.11. The maximum atomic E-state index is 8.77. The number of pyridine rings is 1. The van der Waals surface area contributed by atoms with Crippen LogP contribution in [0.15, 0.2) is 18.2 Å². The van der Waals surface area contributed by atoms with E-state index in [1.165, 1.54) is 0 Å². The van der Waals surface area contributed by atoms with Crippen molar-refractivity contribution in [2.75, 3.05) is 0 Å². The van der Waals surface area contributed by atoms with E-state index in [9.17, 15) is 0 Å². The van der Waals surface area contributed by atoms with Gasteiger partial charge >= 0.3 is 0 Å². The van der Waals surface area contributed by atoms with E-state index in [4.69, 9.17) is 5.26 Å². The van der Waals surface area contributed by atoms with Gasteiger partial charge in [-0.05, 0) is 63.7 Å². The molecule has 1 aromatic heterocycles. The Morgan fingerprint density at radius 1 is 1.00 bits per heavy atom. The molecule has 2 nitrogen and oxygen atoms in total. The Hall–Kier alpha value is 0.560. The van der Waals surface area contributed by atoms with Gasteiger partial charge in [0.1, 0.15) is 15.3 Å². The van der Waals surface area contributed by atoms with Gasteiger partial charge in [0.05, 0.1) is 14.5 Å². The molecule has 0 radical (unpaired) electrons. The van der Waals surface area contributed by atoms with Crippen molar-refractivity contribution < 1.29 is 0 Å². The fraction of sp³-hybridized carbons (Fsp3) is 0. The summed E-state index contributed by atoms with van der Waals surface area (Å²) in [7, 11) is 0. The van der Waals surface area contributed by atoms with Crippen LogP contribution in [0.3, 0.4) is 0 Å². The maximum absolute atomic E-state index is 8.77. The van der Waals surface area contributed by atoms with Crippen LogP contribution < -0.4 is 0 Å². The summed E-state index contributed by atoms with van der Waals surface area (Å²) in [6.07, 6.45) is 0. The van der Waals surface area contributed by atoms with Gasteiger partial charge in [0, 0.05) is 0 Å². The zero-order valence-electron chi connectivity index (χ0n) is 5.41. The van der Waals surface area contributed by atoms with E-state index in [2.05, 4.69) is 74.8 Å². The SMILES string of the molecule is N#Cc1c(Br)c(Br)nc(Br)c1Br. The first-order valence-corrected chi connectivity index (χ1v) is 5.85. The Bertz CT molecular complexity index is 343. The fourth-order valence-electron chi connectivity index (χ4n) is 0.585. The zero-order chi connectivity index (χ0) is 9.30. The average molecular weight is 420 g/mol. The summed E-state index contributed by atoms with van der Waals surface area (Å²) in [4.78, 5) is 4.07. The van der Waals surface area contributed by atoms with E-state index in [-0.39, 0.29) is 0 Å². The first kappa shape index (κ1) is 10.6. The first-order chi connectivity index (χ1) is 5.57. The highest BCUT2D eigenvalue weighted by molar-refractivity contribution is 9.13. The van der Waals surface area contributed by atoms with E-state index in [0.29, 0.717) is 23.7 Å². The van der Waals surface area contributed by atoms with Crippen LogP contribution in [0.4, 0.5) is 0 Å². The summed E-state index contributed by atoms with van der Waals surface area (Å²) in [6.45, 7) is 0. The molecule has 1 heterocycles. The van der Waals surface area contributed by atoms with E-state index in [1.54, 1.807) is 0 Å². The summed E-state index contributed by atoms with van der Waals surface area (Å²) >= 11 is 12.9. The molecule has 0 spiro atoms. The maximum Gasteiger partial charge on any atom is 0.123 e. The molecule has 0 saturated heterocycles. The van der Waals surface area contributed by atoms with Crippen LogP contribution in [-0.4, -0.2) is 4.98 Å². The lowest BCUT2D eigenvalue weighted by molar-refractivity contribution is 1.18. The second-order valence-corrected chi connectivity index (χ2v) is 4.90. The minimum Gasteiger partial charge on any atom is -0.232 e. The molecule has 0 fully saturated rings. The molecule has 0 amide bonds. The Morgan fingerprint density at radius 3 is 1.75 bits per heavy atom. The van der Waals surface area contributed by atoms with Gasteiger partial charge in [0.15, 0.2) is 0 Å². The highest BCUT2D eigenvalue weighted by Crippen LogP contribution is 2.34. The third-order valence-corrected chi connectivity index (χ3v) is 4.87. The van der Waals surface area contributed by atoms with Crippen molar-refractivity contribution in [3.8, 4) is 6.07 Å². The number of hydrogen-bond acceptors (Lipinski definition) is 2. The molecule has 0 aromatic carbocycles. The second kappa shape index (κ2) is 4.18. The van der Waals surface area contributed by atoms with Crippen LogP contribution in [-0.2, 0) is 0 Å². The molecule has 1 aromatic rings. The molecule has 0 N–H and O–H groups in total. The highest BCUT2D eigenvalue weighted by atomic mass is 79.9. The van der Waals surface area contributed by atoms with Crippen molar-refractivity contribution >= 4 is 63.7 Å². The second-order valence-electron chi connectivity index (χ2n) is 1.81. The minimum absolute atomic E-state index is 0.517. The van der Waals surface area contributed by atoms with Gasteiger partial charge in [-0.3, -0.25) is 0 Å². The Balaban J connectivity index is 3.56. The van der Waals surface area contributed by atoms with Crippen molar-refractivity contribution in [3.63, 3.8) is 0 Å². The van der Waals surface area contributed by atoms with E-state index < -0.39 is 0 Å². The number of rotatable bonds is 0. The standard InChI is InChI=1S/C6Br4N2/c7-3-2(1-11)4(8)6(10)12-5(3)9. The van der Waals surface area contributed by atoms with Crippen LogP contribution in [0, 0.1) is 11.3 Å². The van der Waals surface area contributed by atoms with Crippen molar-refractivity contribution in [1.29, 1.82) is 5.26 Å². The predicted octanol–water partition coefficient (Wildman–Crippen LogP) is 4.00. The van der Waals surface area contributed by atoms with Gasteiger partial charge in [-0.1, -0.05) is 0 Å². The topological polar surface area (TPSA) is 36.7 Å². The van der Waals surface area contributed by atoms with Crippen molar-refractivity contribution in [2.45, 2.75) is 0 Å². The third kappa shape index (κ3) is 1.90. The van der Waals surface area contributed by atoms with Gasteiger partial charge in [0.2, 0.25) is 0 Å². The highest BCUT2D eigenvalue weighted by Gasteiger charge is 2.12. The molecule has 1 rings (SSSR count). The van der Waals surface area contributed by atoms with Gasteiger partial charge in [0.25, 0.3) is 0 Å². The molecule has 0 unspecified atom stereocenters. The van der Waals surface area contributed by atoms with Crippen molar-refractivity contribution in [1.82, 2.24) is 4.98 Å². The van der Waals surface area contributed by atoms with Crippen molar-refractivity contribution in [2.24, 2.45) is 0 Å². The van der Waals surface area contributed by atoms with Crippen LogP contribution in [0.5, 0.6) is 0 Å². The molecule has 0 aliphatic heterocycles. The van der Waals surface area contributed by atoms with Crippen LogP contribution in [0.25, 0.3) is 0 Å². The van der Waals surface area contributed by atoms with E-state index in [1.807, 2.05) is 0 Å². The molecule has 12 heavy (non-hydrogen) atoms. The lowest BCUT2D eigenvalue weighted by Crippen LogP contribution is -1.88. The molecule has 0 aliphatic rings. The summed E-state index contributed by atoms with van der Waals surface area (Å²) in [5, 5.41) is 8.77. The molecular formula is C6Br4N2. The van der Waals surface area contributed by atoms with Crippen LogP contribution in [0.1, 0.15) is 5.56 Å². The molecule has 62 valence electrons. The fourth-order valence-corrected chi connectivity index (χ4v) is 2.59. The Morgan fingerprint density at radius 2 is 1.42 bits per heavy atom. The normalized spacial score (nSPS) is 9.58. The summed E-state index contributed by atoms with van der Waals surface area (Å²) in [5.74, 6) is 0. The minimum atomic E-state index is 0.517. The van der Waals surface area contributed by atoms with Crippen LogP contribution in [0.2, 0.25) is 0 Å². The number of aromatic nitrogens is 1. The van der Waals surface area contributed by atoms with E-state index in [0.717, 1.165) is 0 Å². The zero-order valence-corrected chi connectivity index (χ0v) is 11.8. The smallest absolute Gasteiger partial charge is 0.123 e. The molecule has 0 atom stereocenters. The lowest BCUT2D eigenvalue weighted by atomic mass is 10.3. The van der Waals surface area contributed by atoms with Crippen molar-refractivity contribution in [3.05, 3.63) is 23.7 Å². The molecule has 6 heteroatoms. The molecule has 0 saturated carbocycles. The molecule has 0 bridgehead atoms.